The first-order chi connectivity index (χ1) is 8.61. The van der Waals surface area contributed by atoms with Gasteiger partial charge in [0.05, 0.1) is 13.7 Å². The average molecular weight is 255 g/mol. The van der Waals surface area contributed by atoms with Crippen molar-refractivity contribution in [3.8, 4) is 5.75 Å². The predicted molar refractivity (Wildman–Crippen MR) is 70.7 cm³/mol. The maximum absolute atomic E-state index is 14.1. The summed E-state index contributed by atoms with van der Waals surface area (Å²) < 4.78 is 24.1. The second kappa shape index (κ2) is 7.34. The SMILES string of the molecule is COCCNC(C)C(C)c1cccc(OC)c1F. The summed E-state index contributed by atoms with van der Waals surface area (Å²) in [5.41, 5.74) is 0.673. The van der Waals surface area contributed by atoms with Crippen LogP contribution >= 0.6 is 0 Å². The molecule has 1 rings (SSSR count). The molecule has 0 aliphatic rings. The minimum Gasteiger partial charge on any atom is -0.494 e. The lowest BCUT2D eigenvalue weighted by atomic mass is 9.93. The molecule has 18 heavy (non-hydrogen) atoms. The van der Waals surface area contributed by atoms with Crippen LogP contribution in [0.25, 0.3) is 0 Å². The fourth-order valence-electron chi connectivity index (χ4n) is 1.87. The van der Waals surface area contributed by atoms with Crippen LogP contribution in [0.1, 0.15) is 25.3 Å². The van der Waals surface area contributed by atoms with Crippen LogP contribution in [0.4, 0.5) is 4.39 Å². The Morgan fingerprint density at radius 3 is 2.61 bits per heavy atom. The summed E-state index contributed by atoms with van der Waals surface area (Å²) in [6.07, 6.45) is 0. The highest BCUT2D eigenvalue weighted by atomic mass is 19.1. The smallest absolute Gasteiger partial charge is 0.168 e. The van der Waals surface area contributed by atoms with Gasteiger partial charge < -0.3 is 14.8 Å². The first-order valence-electron chi connectivity index (χ1n) is 6.16. The number of benzene rings is 1. The zero-order valence-corrected chi connectivity index (χ0v) is 11.5. The minimum atomic E-state index is -0.270. The molecule has 2 atom stereocenters. The molecule has 0 amide bonds. The van der Waals surface area contributed by atoms with Gasteiger partial charge in [0.25, 0.3) is 0 Å². The van der Waals surface area contributed by atoms with Crippen LogP contribution < -0.4 is 10.1 Å². The van der Waals surface area contributed by atoms with Gasteiger partial charge in [-0.25, -0.2) is 4.39 Å². The molecule has 0 fully saturated rings. The number of halogens is 1. The summed E-state index contributed by atoms with van der Waals surface area (Å²) in [6, 6.07) is 5.42. The molecule has 1 N–H and O–H groups in total. The first-order valence-corrected chi connectivity index (χ1v) is 6.16. The Kier molecular flexibility index (Phi) is 6.09. The molecule has 0 saturated heterocycles. The Bertz CT molecular complexity index is 371. The molecule has 1 aromatic carbocycles. The van der Waals surface area contributed by atoms with Crippen LogP contribution in [-0.2, 0) is 4.74 Å². The third-order valence-corrected chi connectivity index (χ3v) is 3.23. The molecule has 2 unspecified atom stereocenters. The Morgan fingerprint density at radius 2 is 2.00 bits per heavy atom. The molecule has 0 aromatic heterocycles. The van der Waals surface area contributed by atoms with Gasteiger partial charge in [-0.2, -0.15) is 0 Å². The summed E-state index contributed by atoms with van der Waals surface area (Å²) in [6.45, 7) is 5.45. The van der Waals surface area contributed by atoms with Crippen molar-refractivity contribution < 1.29 is 13.9 Å². The van der Waals surface area contributed by atoms with Gasteiger partial charge in [-0.05, 0) is 24.5 Å². The lowest BCUT2D eigenvalue weighted by Gasteiger charge is -2.22. The normalized spacial score (nSPS) is 14.3. The molecule has 0 heterocycles. The molecule has 0 radical (unpaired) electrons. The van der Waals surface area contributed by atoms with Crippen molar-refractivity contribution in [2.24, 2.45) is 0 Å². The quantitative estimate of drug-likeness (QED) is 0.760. The summed E-state index contributed by atoms with van der Waals surface area (Å²) >= 11 is 0. The van der Waals surface area contributed by atoms with E-state index in [4.69, 9.17) is 9.47 Å². The Labute approximate surface area is 108 Å². The Balaban J connectivity index is 2.73. The largest absolute Gasteiger partial charge is 0.494 e. The van der Waals surface area contributed by atoms with Crippen molar-refractivity contribution >= 4 is 0 Å². The summed E-state index contributed by atoms with van der Waals surface area (Å²) in [5, 5.41) is 3.31. The van der Waals surface area contributed by atoms with Crippen molar-refractivity contribution in [2.45, 2.75) is 25.8 Å². The summed E-state index contributed by atoms with van der Waals surface area (Å²) in [7, 11) is 3.14. The Hall–Kier alpha value is -1.13. The third-order valence-electron chi connectivity index (χ3n) is 3.23. The standard InChI is InChI=1S/C14H22FNO2/c1-10(11(2)16-8-9-17-3)12-6-5-7-13(18-4)14(12)15/h5-7,10-11,16H,8-9H2,1-4H3. The van der Waals surface area contributed by atoms with Crippen molar-refractivity contribution in [3.05, 3.63) is 29.6 Å². The number of hydrogen-bond acceptors (Lipinski definition) is 3. The lowest BCUT2D eigenvalue weighted by molar-refractivity contribution is 0.195. The van der Waals surface area contributed by atoms with E-state index in [1.54, 1.807) is 19.2 Å². The van der Waals surface area contributed by atoms with Crippen LogP contribution in [0.15, 0.2) is 18.2 Å². The van der Waals surface area contributed by atoms with Gasteiger partial charge >= 0.3 is 0 Å². The van der Waals surface area contributed by atoms with E-state index in [2.05, 4.69) is 5.32 Å². The maximum atomic E-state index is 14.1. The molecule has 0 bridgehead atoms. The molecule has 3 nitrogen and oxygen atoms in total. The zero-order valence-electron chi connectivity index (χ0n) is 11.5. The van der Waals surface area contributed by atoms with Gasteiger partial charge in [-0.1, -0.05) is 19.1 Å². The second-order valence-electron chi connectivity index (χ2n) is 4.39. The molecule has 0 spiro atoms. The van der Waals surface area contributed by atoms with Crippen molar-refractivity contribution in [3.63, 3.8) is 0 Å². The topological polar surface area (TPSA) is 30.5 Å². The number of nitrogens with one attached hydrogen (secondary N) is 1. The zero-order chi connectivity index (χ0) is 13.5. The van der Waals surface area contributed by atoms with Gasteiger partial charge in [0.1, 0.15) is 0 Å². The monoisotopic (exact) mass is 255 g/mol. The molecule has 1 aromatic rings. The van der Waals surface area contributed by atoms with Gasteiger partial charge in [0, 0.05) is 19.7 Å². The highest BCUT2D eigenvalue weighted by Crippen LogP contribution is 2.27. The van der Waals surface area contributed by atoms with E-state index < -0.39 is 0 Å². The van der Waals surface area contributed by atoms with Gasteiger partial charge in [0.2, 0.25) is 0 Å². The fourth-order valence-corrected chi connectivity index (χ4v) is 1.87. The molecule has 102 valence electrons. The van der Waals surface area contributed by atoms with E-state index in [1.165, 1.54) is 7.11 Å². The molecule has 0 aliphatic heterocycles. The van der Waals surface area contributed by atoms with Crippen molar-refractivity contribution in [2.75, 3.05) is 27.4 Å². The average Bonchev–Trinajstić information content (AvgIpc) is 2.38. The highest BCUT2D eigenvalue weighted by Gasteiger charge is 2.19. The van der Waals surface area contributed by atoms with E-state index in [-0.39, 0.29) is 17.8 Å². The molecular weight excluding hydrogens is 233 g/mol. The van der Waals surface area contributed by atoms with E-state index in [0.717, 1.165) is 6.54 Å². The van der Waals surface area contributed by atoms with E-state index >= 15 is 0 Å². The lowest BCUT2D eigenvalue weighted by Crippen LogP contribution is -2.33. The van der Waals surface area contributed by atoms with Crippen LogP contribution in [0.3, 0.4) is 0 Å². The van der Waals surface area contributed by atoms with Gasteiger partial charge in [0.15, 0.2) is 11.6 Å². The Morgan fingerprint density at radius 1 is 1.28 bits per heavy atom. The van der Waals surface area contributed by atoms with E-state index in [1.807, 2.05) is 19.9 Å². The van der Waals surface area contributed by atoms with E-state index in [9.17, 15) is 4.39 Å². The number of methoxy groups -OCH3 is 2. The van der Waals surface area contributed by atoms with Crippen LogP contribution in [-0.4, -0.2) is 33.4 Å². The van der Waals surface area contributed by atoms with Crippen LogP contribution in [0.2, 0.25) is 0 Å². The van der Waals surface area contributed by atoms with E-state index in [0.29, 0.717) is 17.9 Å². The predicted octanol–water partition coefficient (Wildman–Crippen LogP) is 2.56. The summed E-state index contributed by atoms with van der Waals surface area (Å²) in [4.78, 5) is 0. The maximum Gasteiger partial charge on any atom is 0.168 e. The minimum absolute atomic E-state index is 0.0666. The van der Waals surface area contributed by atoms with Crippen molar-refractivity contribution in [1.29, 1.82) is 0 Å². The molecule has 0 aliphatic carbocycles. The van der Waals surface area contributed by atoms with Gasteiger partial charge in [-0.3, -0.25) is 0 Å². The molecular formula is C14H22FNO2. The fraction of sp³-hybridized carbons (Fsp3) is 0.571. The van der Waals surface area contributed by atoms with Crippen LogP contribution in [0, 0.1) is 5.82 Å². The molecule has 0 saturated carbocycles. The number of ether oxygens (including phenoxy) is 2. The number of hydrogen-bond donors (Lipinski definition) is 1. The van der Waals surface area contributed by atoms with Crippen molar-refractivity contribution in [1.82, 2.24) is 5.32 Å². The number of rotatable bonds is 7. The van der Waals surface area contributed by atoms with Gasteiger partial charge in [-0.15, -0.1) is 0 Å². The summed E-state index contributed by atoms with van der Waals surface area (Å²) in [5.74, 6) is 0.0910. The highest BCUT2D eigenvalue weighted by molar-refractivity contribution is 5.33. The first kappa shape index (κ1) is 14.9. The second-order valence-corrected chi connectivity index (χ2v) is 4.39. The third kappa shape index (κ3) is 3.68. The molecule has 4 heteroatoms. The van der Waals surface area contributed by atoms with Crippen LogP contribution in [0.5, 0.6) is 5.75 Å².